The van der Waals surface area contributed by atoms with Crippen molar-refractivity contribution in [1.82, 2.24) is 4.90 Å². The molecule has 0 spiro atoms. The van der Waals surface area contributed by atoms with E-state index in [1.54, 1.807) is 15.9 Å². The van der Waals surface area contributed by atoms with E-state index in [0.29, 0.717) is 42.0 Å². The first-order valence-corrected chi connectivity index (χ1v) is 14.8. The molecule has 1 N–H and O–H groups in total. The number of anilines is 1. The number of ketones is 1. The molecule has 7 rings (SSSR count). The molecule has 0 radical (unpaired) electrons. The highest BCUT2D eigenvalue weighted by atomic mass is 16.4. The first kappa shape index (κ1) is 26.7. The number of carboxylic acids is 1. The van der Waals surface area contributed by atoms with E-state index < -0.39 is 12.0 Å². The Bertz CT molecular complexity index is 1270. The fraction of sp³-hybridized carbons (Fsp3) is 0.515. The molecule has 5 aliphatic rings. The molecule has 7 nitrogen and oxygen atoms in total. The highest BCUT2D eigenvalue weighted by molar-refractivity contribution is 6.08. The van der Waals surface area contributed by atoms with Gasteiger partial charge < -0.3 is 14.9 Å². The summed E-state index contributed by atoms with van der Waals surface area (Å²) in [5.41, 5.74) is 2.02. The van der Waals surface area contributed by atoms with Crippen molar-refractivity contribution in [3.63, 3.8) is 0 Å². The lowest BCUT2D eigenvalue weighted by atomic mass is 9.48. The quantitative estimate of drug-likeness (QED) is 0.500. The average molecular weight is 543 g/mol. The maximum atomic E-state index is 14.8. The Balaban J connectivity index is 1.42. The normalized spacial score (nSPS) is 29.5. The van der Waals surface area contributed by atoms with E-state index >= 15 is 0 Å². The number of aliphatic carboxylic acids is 1. The SMILES string of the molecule is O=C(O)CCC(=O)N1CCC(=O)c2ccccc2N(Cc2ccccc2)C(=O)C1CC12CC3CC(CC(C3)C1)C2. The van der Waals surface area contributed by atoms with Crippen molar-refractivity contribution in [1.29, 1.82) is 0 Å². The molecular weight excluding hydrogens is 504 g/mol. The first-order chi connectivity index (χ1) is 19.3. The fourth-order valence-corrected chi connectivity index (χ4v) is 8.62. The topological polar surface area (TPSA) is 95.0 Å². The Morgan fingerprint density at radius 1 is 0.850 bits per heavy atom. The smallest absolute Gasteiger partial charge is 0.303 e. The van der Waals surface area contributed by atoms with Crippen LogP contribution in [-0.2, 0) is 20.9 Å². The summed E-state index contributed by atoms with van der Waals surface area (Å²) in [5.74, 6) is 0.378. The predicted octanol–water partition coefficient (Wildman–Crippen LogP) is 5.47. The number of carbonyl (C=O) groups excluding carboxylic acids is 3. The number of Topliss-reactive ketones (excluding diaryl/α,β-unsaturated/α-hetero) is 1. The third-order valence-electron chi connectivity index (χ3n) is 9.85. The number of carbonyl (C=O) groups is 4. The van der Waals surface area contributed by atoms with Gasteiger partial charge in [-0.3, -0.25) is 19.2 Å². The summed E-state index contributed by atoms with van der Waals surface area (Å²) in [6, 6.07) is 16.2. The van der Waals surface area contributed by atoms with Crippen molar-refractivity contribution >= 4 is 29.3 Å². The van der Waals surface area contributed by atoms with Gasteiger partial charge in [0.2, 0.25) is 11.8 Å². The molecule has 1 aliphatic heterocycles. The van der Waals surface area contributed by atoms with Crippen LogP contribution in [0.15, 0.2) is 54.6 Å². The molecule has 4 bridgehead atoms. The Hall–Kier alpha value is -3.48. The van der Waals surface area contributed by atoms with Crippen LogP contribution >= 0.6 is 0 Å². The third-order valence-corrected chi connectivity index (χ3v) is 9.85. The Labute approximate surface area is 235 Å². The van der Waals surface area contributed by atoms with Crippen molar-refractivity contribution in [3.8, 4) is 0 Å². The zero-order chi connectivity index (χ0) is 27.9. The molecule has 4 fully saturated rings. The maximum absolute atomic E-state index is 14.8. The number of hydrogen-bond acceptors (Lipinski definition) is 4. The molecule has 7 heteroatoms. The minimum atomic E-state index is -1.05. The lowest BCUT2D eigenvalue weighted by Crippen LogP contribution is -2.56. The number of fused-ring (bicyclic) bond motifs is 1. The molecule has 1 atom stereocenters. The monoisotopic (exact) mass is 542 g/mol. The number of rotatable bonds is 7. The van der Waals surface area contributed by atoms with E-state index in [-0.39, 0.29) is 48.8 Å². The van der Waals surface area contributed by atoms with Gasteiger partial charge in [0.15, 0.2) is 5.78 Å². The highest BCUT2D eigenvalue weighted by Crippen LogP contribution is 2.62. The minimum Gasteiger partial charge on any atom is -0.481 e. The molecule has 0 aromatic heterocycles. The molecule has 40 heavy (non-hydrogen) atoms. The zero-order valence-electron chi connectivity index (χ0n) is 23.0. The largest absolute Gasteiger partial charge is 0.481 e. The molecular formula is C33H38N2O5. The van der Waals surface area contributed by atoms with E-state index in [4.69, 9.17) is 0 Å². The van der Waals surface area contributed by atoms with E-state index in [0.717, 1.165) is 24.8 Å². The van der Waals surface area contributed by atoms with Gasteiger partial charge in [-0.15, -0.1) is 0 Å². The molecule has 2 aromatic rings. The van der Waals surface area contributed by atoms with Gasteiger partial charge in [-0.2, -0.15) is 0 Å². The number of benzene rings is 2. The van der Waals surface area contributed by atoms with Gasteiger partial charge in [-0.05, 0) is 85.8 Å². The Morgan fingerprint density at radius 2 is 1.48 bits per heavy atom. The van der Waals surface area contributed by atoms with E-state index in [9.17, 15) is 24.3 Å². The van der Waals surface area contributed by atoms with Gasteiger partial charge >= 0.3 is 5.97 Å². The zero-order valence-corrected chi connectivity index (χ0v) is 23.0. The lowest BCUT2D eigenvalue weighted by molar-refractivity contribution is -0.146. The van der Waals surface area contributed by atoms with Gasteiger partial charge in [0.25, 0.3) is 0 Å². The number of nitrogens with zero attached hydrogens (tertiary/aromatic N) is 2. The number of hydrogen-bond donors (Lipinski definition) is 1. The van der Waals surface area contributed by atoms with Crippen LogP contribution in [0.5, 0.6) is 0 Å². The fourth-order valence-electron chi connectivity index (χ4n) is 8.62. The molecule has 2 amide bonds. The predicted molar refractivity (Wildman–Crippen MR) is 151 cm³/mol. The number of para-hydroxylation sites is 1. The molecule has 210 valence electrons. The molecule has 1 heterocycles. The number of carboxylic acid groups (broad SMARTS) is 1. The Kier molecular flexibility index (Phi) is 7.24. The van der Waals surface area contributed by atoms with E-state index in [2.05, 4.69) is 0 Å². The average Bonchev–Trinajstić information content (AvgIpc) is 2.96. The molecule has 0 saturated heterocycles. The van der Waals surface area contributed by atoms with Crippen LogP contribution in [-0.4, -0.2) is 46.2 Å². The summed E-state index contributed by atoms with van der Waals surface area (Å²) in [4.78, 5) is 56.6. The van der Waals surface area contributed by atoms with Gasteiger partial charge in [-0.1, -0.05) is 42.5 Å². The van der Waals surface area contributed by atoms with Gasteiger partial charge in [0.05, 0.1) is 18.7 Å². The van der Waals surface area contributed by atoms with E-state index in [1.807, 2.05) is 48.5 Å². The highest BCUT2D eigenvalue weighted by Gasteiger charge is 2.53. The molecule has 2 aromatic carbocycles. The summed E-state index contributed by atoms with van der Waals surface area (Å²) < 4.78 is 0. The molecule has 4 saturated carbocycles. The van der Waals surface area contributed by atoms with E-state index in [1.165, 1.54) is 19.3 Å². The van der Waals surface area contributed by atoms with Crippen molar-refractivity contribution in [2.45, 2.75) is 76.8 Å². The summed E-state index contributed by atoms with van der Waals surface area (Å²) in [7, 11) is 0. The number of amides is 2. The summed E-state index contributed by atoms with van der Waals surface area (Å²) in [6.07, 6.45) is 7.31. The van der Waals surface area contributed by atoms with Crippen molar-refractivity contribution in [2.24, 2.45) is 23.2 Å². The van der Waals surface area contributed by atoms with Crippen LogP contribution in [0.3, 0.4) is 0 Å². The minimum absolute atomic E-state index is 0.0103. The standard InChI is InChI=1S/C33H38N2O5/c36-29-12-13-34(30(37)10-11-31(38)39)28(20-33-17-23-14-24(18-33)16-25(15-23)19-33)32(40)35(21-22-6-2-1-3-7-22)27-9-5-4-8-26(27)29/h1-9,23-25,28H,10-21H2,(H,38,39). The Morgan fingerprint density at radius 3 is 2.12 bits per heavy atom. The van der Waals surface area contributed by atoms with Gasteiger partial charge in [-0.25, -0.2) is 0 Å². The van der Waals surface area contributed by atoms with Crippen LogP contribution < -0.4 is 4.90 Å². The summed E-state index contributed by atoms with van der Waals surface area (Å²) in [5, 5.41) is 9.30. The van der Waals surface area contributed by atoms with Crippen molar-refractivity contribution < 1.29 is 24.3 Å². The van der Waals surface area contributed by atoms with Crippen LogP contribution in [0, 0.1) is 23.2 Å². The first-order valence-electron chi connectivity index (χ1n) is 14.8. The lowest BCUT2D eigenvalue weighted by Gasteiger charge is -2.58. The van der Waals surface area contributed by atoms with Gasteiger partial charge in [0, 0.05) is 24.9 Å². The second kappa shape index (κ2) is 10.8. The second-order valence-corrected chi connectivity index (χ2v) is 12.7. The third kappa shape index (κ3) is 5.30. The van der Waals surface area contributed by atoms with Crippen LogP contribution in [0.25, 0.3) is 0 Å². The summed E-state index contributed by atoms with van der Waals surface area (Å²) in [6.45, 7) is 0.409. The van der Waals surface area contributed by atoms with Crippen LogP contribution in [0.4, 0.5) is 5.69 Å². The summed E-state index contributed by atoms with van der Waals surface area (Å²) >= 11 is 0. The second-order valence-electron chi connectivity index (χ2n) is 12.7. The van der Waals surface area contributed by atoms with Crippen molar-refractivity contribution in [3.05, 3.63) is 65.7 Å². The molecule has 4 aliphatic carbocycles. The van der Waals surface area contributed by atoms with Gasteiger partial charge in [0.1, 0.15) is 6.04 Å². The van der Waals surface area contributed by atoms with Crippen LogP contribution in [0.2, 0.25) is 0 Å². The molecule has 1 unspecified atom stereocenters. The van der Waals surface area contributed by atoms with Crippen molar-refractivity contribution in [2.75, 3.05) is 11.4 Å². The maximum Gasteiger partial charge on any atom is 0.303 e. The van der Waals surface area contributed by atoms with Crippen LogP contribution in [0.1, 0.15) is 80.1 Å².